The Morgan fingerprint density at radius 1 is 1.38 bits per heavy atom. The van der Waals surface area contributed by atoms with E-state index in [0.717, 1.165) is 17.1 Å². The molecular formula is C8H10O2S3. The van der Waals surface area contributed by atoms with Gasteiger partial charge in [0.2, 0.25) is 0 Å². The molecule has 0 atom stereocenters. The largest absolute Gasteiger partial charge is 0.496 e. The zero-order valence-electron chi connectivity index (χ0n) is 7.31. The molecule has 0 spiro atoms. The Balaban J connectivity index is 2.71. The third kappa shape index (κ3) is 3.25. The van der Waals surface area contributed by atoms with E-state index in [1.165, 1.54) is 20.9 Å². The summed E-state index contributed by atoms with van der Waals surface area (Å²) in [6, 6.07) is 5.67. The molecule has 0 N–H and O–H groups in total. The van der Waals surface area contributed by atoms with Crippen molar-refractivity contribution in [2.45, 2.75) is 6.92 Å². The maximum Gasteiger partial charge on any atom is 0.139 e. The second-order valence-electron chi connectivity index (χ2n) is 2.36. The van der Waals surface area contributed by atoms with Crippen molar-refractivity contribution >= 4 is 32.6 Å². The van der Waals surface area contributed by atoms with E-state index >= 15 is 0 Å². The van der Waals surface area contributed by atoms with Crippen LogP contribution in [0.25, 0.3) is 0 Å². The highest BCUT2D eigenvalue weighted by molar-refractivity contribution is 9.04. The molecule has 2 nitrogen and oxygen atoms in total. The smallest absolute Gasteiger partial charge is 0.139 e. The third-order valence-corrected chi connectivity index (χ3v) is 2.78. The van der Waals surface area contributed by atoms with Gasteiger partial charge in [0.15, 0.2) is 0 Å². The number of hydrogen-bond donors (Lipinski definition) is 1. The van der Waals surface area contributed by atoms with E-state index in [9.17, 15) is 0 Å². The predicted molar refractivity (Wildman–Crippen MR) is 62.5 cm³/mol. The van der Waals surface area contributed by atoms with Crippen LogP contribution in [0.3, 0.4) is 0 Å². The first kappa shape index (κ1) is 10.9. The number of hydrogen-bond acceptors (Lipinski definition) is 5. The molecule has 0 saturated heterocycles. The van der Waals surface area contributed by atoms with E-state index in [1.54, 1.807) is 7.11 Å². The van der Waals surface area contributed by atoms with Gasteiger partial charge in [-0.1, -0.05) is 11.7 Å². The summed E-state index contributed by atoms with van der Waals surface area (Å²) in [5.41, 5.74) is 1.06. The molecule has 1 rings (SSSR count). The summed E-state index contributed by atoms with van der Waals surface area (Å²) in [4.78, 5) is 0. The normalized spacial score (nSPS) is 9.77. The minimum atomic E-state index is 0.810. The van der Waals surface area contributed by atoms with Gasteiger partial charge in [0.05, 0.1) is 7.11 Å². The fraction of sp³-hybridized carbons (Fsp3) is 0.250. The van der Waals surface area contributed by atoms with Crippen LogP contribution >= 0.6 is 32.6 Å². The van der Waals surface area contributed by atoms with Gasteiger partial charge >= 0.3 is 0 Å². The molecule has 0 bridgehead atoms. The lowest BCUT2D eigenvalue weighted by atomic mass is 10.2. The van der Waals surface area contributed by atoms with E-state index in [-0.39, 0.29) is 0 Å². The van der Waals surface area contributed by atoms with Crippen LogP contribution in [0, 0.1) is 6.92 Å². The van der Waals surface area contributed by atoms with Crippen LogP contribution in [-0.2, 0) is 0 Å². The van der Waals surface area contributed by atoms with Crippen molar-refractivity contribution in [1.29, 1.82) is 0 Å². The quantitative estimate of drug-likeness (QED) is 0.488. The molecular weight excluding hydrogens is 224 g/mol. The molecule has 0 fully saturated rings. The van der Waals surface area contributed by atoms with Gasteiger partial charge < -0.3 is 8.92 Å². The average molecular weight is 234 g/mol. The van der Waals surface area contributed by atoms with E-state index in [4.69, 9.17) is 8.92 Å². The van der Waals surface area contributed by atoms with Crippen LogP contribution in [0.2, 0.25) is 0 Å². The molecule has 0 aliphatic rings. The van der Waals surface area contributed by atoms with Crippen molar-refractivity contribution in [3.05, 3.63) is 23.8 Å². The van der Waals surface area contributed by atoms with Crippen molar-refractivity contribution in [2.24, 2.45) is 0 Å². The molecule has 0 unspecified atom stereocenters. The topological polar surface area (TPSA) is 18.5 Å². The van der Waals surface area contributed by atoms with Gasteiger partial charge in [0.1, 0.15) is 22.6 Å². The summed E-state index contributed by atoms with van der Waals surface area (Å²) in [5.74, 6) is 1.68. The van der Waals surface area contributed by atoms with Gasteiger partial charge in [-0.15, -0.1) is 0 Å². The summed E-state index contributed by atoms with van der Waals surface area (Å²) in [6.45, 7) is 1.98. The fourth-order valence-corrected chi connectivity index (χ4v) is 1.77. The highest BCUT2D eigenvalue weighted by Crippen LogP contribution is 2.30. The molecule has 0 amide bonds. The van der Waals surface area contributed by atoms with Gasteiger partial charge in [0, 0.05) is 9.83 Å². The second-order valence-corrected chi connectivity index (χ2v) is 5.01. The molecule has 0 saturated carbocycles. The summed E-state index contributed by atoms with van der Waals surface area (Å²) in [6.07, 6.45) is 0. The number of benzene rings is 1. The standard InChI is InChI=1S/C8H10O2S3/c1-6-5-7(10-12-13-11)3-4-8(6)9-2/h3-5,11H,1-2H3. The average Bonchev–Trinajstić information content (AvgIpc) is 2.15. The summed E-state index contributed by atoms with van der Waals surface area (Å²) in [7, 11) is 2.92. The van der Waals surface area contributed by atoms with Crippen LogP contribution in [0.4, 0.5) is 0 Å². The molecule has 0 aromatic heterocycles. The van der Waals surface area contributed by atoms with Crippen LogP contribution < -0.4 is 8.92 Å². The SMILES string of the molecule is COc1ccc(OSSS)cc1C. The Morgan fingerprint density at radius 2 is 2.15 bits per heavy atom. The monoisotopic (exact) mass is 234 g/mol. The molecule has 1 aromatic rings. The summed E-state index contributed by atoms with van der Waals surface area (Å²) < 4.78 is 10.4. The van der Waals surface area contributed by atoms with Crippen molar-refractivity contribution in [1.82, 2.24) is 0 Å². The molecule has 13 heavy (non-hydrogen) atoms. The first-order valence-corrected chi connectivity index (χ1v) is 6.70. The minimum Gasteiger partial charge on any atom is -0.496 e. The maximum absolute atomic E-state index is 5.28. The lowest BCUT2D eigenvalue weighted by molar-refractivity contribution is 0.411. The lowest BCUT2D eigenvalue weighted by Crippen LogP contribution is -1.87. The van der Waals surface area contributed by atoms with Gasteiger partial charge in [-0.25, -0.2) is 0 Å². The van der Waals surface area contributed by atoms with Gasteiger partial charge in [-0.05, 0) is 30.7 Å². The highest BCUT2D eigenvalue weighted by Gasteiger charge is 2.00. The minimum absolute atomic E-state index is 0.810. The van der Waals surface area contributed by atoms with Crippen LogP contribution in [-0.4, -0.2) is 7.11 Å². The molecule has 5 heteroatoms. The van der Waals surface area contributed by atoms with Gasteiger partial charge in [-0.3, -0.25) is 0 Å². The molecule has 0 aliphatic heterocycles. The number of methoxy groups -OCH3 is 1. The Kier molecular flexibility index (Phi) is 4.69. The van der Waals surface area contributed by atoms with Crippen molar-refractivity contribution in [2.75, 3.05) is 7.11 Å². The van der Waals surface area contributed by atoms with Gasteiger partial charge in [0.25, 0.3) is 0 Å². The number of thiol groups is 1. The number of rotatable bonds is 4. The Morgan fingerprint density at radius 3 is 2.69 bits per heavy atom. The Labute approximate surface area is 90.8 Å². The fourth-order valence-electron chi connectivity index (χ4n) is 0.957. The van der Waals surface area contributed by atoms with Crippen molar-refractivity contribution in [3.63, 3.8) is 0 Å². The number of aryl methyl sites for hydroxylation is 1. The maximum atomic E-state index is 5.28. The first-order chi connectivity index (χ1) is 6.27. The zero-order chi connectivity index (χ0) is 9.68. The molecule has 1 aromatic carbocycles. The summed E-state index contributed by atoms with van der Waals surface area (Å²) in [5, 5.41) is 0. The molecule has 0 radical (unpaired) electrons. The Hall–Kier alpha value is -0.130. The zero-order valence-corrected chi connectivity index (χ0v) is 9.84. The van der Waals surface area contributed by atoms with Crippen molar-refractivity contribution in [3.8, 4) is 11.5 Å². The predicted octanol–water partition coefficient (Wildman–Crippen LogP) is 3.52. The second kappa shape index (κ2) is 5.57. The van der Waals surface area contributed by atoms with Crippen LogP contribution in [0.5, 0.6) is 11.5 Å². The van der Waals surface area contributed by atoms with E-state index in [2.05, 4.69) is 11.7 Å². The van der Waals surface area contributed by atoms with E-state index in [1.807, 2.05) is 25.1 Å². The van der Waals surface area contributed by atoms with Crippen molar-refractivity contribution < 1.29 is 8.92 Å². The molecule has 72 valence electrons. The van der Waals surface area contributed by atoms with Crippen LogP contribution in [0.1, 0.15) is 5.56 Å². The summed E-state index contributed by atoms with van der Waals surface area (Å²) >= 11 is 5.17. The third-order valence-electron chi connectivity index (χ3n) is 1.53. The molecule has 0 heterocycles. The number of ether oxygens (including phenoxy) is 1. The van der Waals surface area contributed by atoms with Crippen LogP contribution in [0.15, 0.2) is 18.2 Å². The Bertz CT molecular complexity index is 278. The van der Waals surface area contributed by atoms with E-state index < -0.39 is 0 Å². The molecule has 0 aliphatic carbocycles. The van der Waals surface area contributed by atoms with Gasteiger partial charge in [-0.2, -0.15) is 0 Å². The first-order valence-electron chi connectivity index (χ1n) is 3.57. The lowest BCUT2D eigenvalue weighted by Gasteiger charge is -2.06. The highest BCUT2D eigenvalue weighted by atomic mass is 33.5. The van der Waals surface area contributed by atoms with E-state index in [0.29, 0.717) is 0 Å².